The highest BCUT2D eigenvalue weighted by Gasteiger charge is 2.35. The molecule has 0 unspecified atom stereocenters. The third-order valence-corrected chi connectivity index (χ3v) is 5.96. The molecule has 0 aromatic carbocycles. The van der Waals surface area contributed by atoms with Crippen LogP contribution in [0, 0.1) is 11.3 Å². The smallest absolute Gasteiger partial charge is 0.00390 e. The van der Waals surface area contributed by atoms with E-state index in [1.165, 1.54) is 89.9 Å². The van der Waals surface area contributed by atoms with Crippen molar-refractivity contribution in [2.75, 3.05) is 0 Å². The van der Waals surface area contributed by atoms with E-state index in [0.717, 1.165) is 5.92 Å². The molecule has 1 heteroatoms. The first-order valence-electron chi connectivity index (χ1n) is 9.88. The van der Waals surface area contributed by atoms with Crippen LogP contribution in [0.1, 0.15) is 111 Å². The van der Waals surface area contributed by atoms with Crippen LogP contribution >= 0.6 is 0 Å². The lowest BCUT2D eigenvalue weighted by atomic mass is 9.64. The van der Waals surface area contributed by atoms with Gasteiger partial charge in [-0.3, -0.25) is 0 Å². The van der Waals surface area contributed by atoms with Crippen LogP contribution in [-0.2, 0) is 0 Å². The predicted molar refractivity (Wildman–Crippen MR) is 95.6 cm³/mol. The van der Waals surface area contributed by atoms with Crippen LogP contribution in [0.3, 0.4) is 0 Å². The van der Waals surface area contributed by atoms with Crippen LogP contribution in [0.5, 0.6) is 0 Å². The summed E-state index contributed by atoms with van der Waals surface area (Å²) in [6.07, 6.45) is 19.5. The molecule has 0 aromatic rings. The van der Waals surface area contributed by atoms with E-state index < -0.39 is 0 Å². The maximum absolute atomic E-state index is 6.12. The molecule has 2 N–H and O–H groups in total. The molecule has 0 aliphatic heterocycles. The summed E-state index contributed by atoms with van der Waals surface area (Å²) in [4.78, 5) is 0. The van der Waals surface area contributed by atoms with Crippen molar-refractivity contribution in [2.24, 2.45) is 17.1 Å². The van der Waals surface area contributed by atoms with Gasteiger partial charge >= 0.3 is 0 Å². The van der Waals surface area contributed by atoms with E-state index in [2.05, 4.69) is 20.8 Å². The van der Waals surface area contributed by atoms with Gasteiger partial charge in [-0.25, -0.2) is 0 Å². The van der Waals surface area contributed by atoms with E-state index >= 15 is 0 Å². The van der Waals surface area contributed by atoms with Crippen molar-refractivity contribution < 1.29 is 0 Å². The summed E-state index contributed by atoms with van der Waals surface area (Å²) in [6, 6.07) is 0.491. The van der Waals surface area contributed by atoms with Crippen molar-refractivity contribution in [3.8, 4) is 0 Å². The van der Waals surface area contributed by atoms with Crippen LogP contribution in [0.4, 0.5) is 0 Å². The Morgan fingerprint density at radius 2 is 1.24 bits per heavy atom. The molecule has 1 aliphatic carbocycles. The summed E-state index contributed by atoms with van der Waals surface area (Å²) < 4.78 is 0. The van der Waals surface area contributed by atoms with Gasteiger partial charge in [0.1, 0.15) is 0 Å². The Labute approximate surface area is 134 Å². The van der Waals surface area contributed by atoms with Gasteiger partial charge in [0.05, 0.1) is 0 Å². The number of unbranched alkanes of at least 4 members (excludes halogenated alkanes) is 6. The molecule has 126 valence electrons. The first-order chi connectivity index (χ1) is 10.1. The second kappa shape index (κ2) is 10.6. The molecule has 1 fully saturated rings. The van der Waals surface area contributed by atoms with E-state index in [0.29, 0.717) is 11.5 Å². The van der Waals surface area contributed by atoms with Gasteiger partial charge in [-0.05, 0) is 49.9 Å². The van der Waals surface area contributed by atoms with Crippen molar-refractivity contribution in [3.63, 3.8) is 0 Å². The summed E-state index contributed by atoms with van der Waals surface area (Å²) in [5, 5.41) is 0. The molecule has 0 atom stereocenters. The van der Waals surface area contributed by atoms with Crippen molar-refractivity contribution >= 4 is 0 Å². The molecule has 1 rings (SSSR count). The van der Waals surface area contributed by atoms with Crippen LogP contribution in [-0.4, -0.2) is 6.04 Å². The fraction of sp³-hybridized carbons (Fsp3) is 1.00. The molecule has 0 bridgehead atoms. The standard InChI is InChI=1S/C20H41N/c1-4-6-8-10-16-20(3,17-11-9-7-5-2)18-12-14-19(21)15-13-18/h18-19H,4-17,21H2,1-3H3. The lowest BCUT2D eigenvalue weighted by Gasteiger charge is -2.42. The minimum Gasteiger partial charge on any atom is -0.328 e. The Morgan fingerprint density at radius 3 is 1.67 bits per heavy atom. The van der Waals surface area contributed by atoms with Crippen LogP contribution in [0.2, 0.25) is 0 Å². The normalized spacial score (nSPS) is 23.4. The topological polar surface area (TPSA) is 26.0 Å². The molecule has 1 aliphatic rings. The summed E-state index contributed by atoms with van der Waals surface area (Å²) in [5.74, 6) is 0.945. The highest BCUT2D eigenvalue weighted by atomic mass is 14.6. The Morgan fingerprint density at radius 1 is 0.762 bits per heavy atom. The monoisotopic (exact) mass is 295 g/mol. The van der Waals surface area contributed by atoms with E-state index in [1.54, 1.807) is 0 Å². The Balaban J connectivity index is 2.46. The molecule has 0 amide bonds. The minimum atomic E-state index is 0.491. The van der Waals surface area contributed by atoms with Gasteiger partial charge < -0.3 is 5.73 Å². The fourth-order valence-electron chi connectivity index (χ4n) is 4.26. The second-order valence-electron chi connectivity index (χ2n) is 7.89. The largest absolute Gasteiger partial charge is 0.328 e. The fourth-order valence-corrected chi connectivity index (χ4v) is 4.26. The molecule has 0 radical (unpaired) electrons. The van der Waals surface area contributed by atoms with Crippen LogP contribution in [0.15, 0.2) is 0 Å². The van der Waals surface area contributed by atoms with Gasteiger partial charge in [0, 0.05) is 6.04 Å². The van der Waals surface area contributed by atoms with Crippen molar-refractivity contribution in [1.29, 1.82) is 0 Å². The minimum absolute atomic E-state index is 0.491. The summed E-state index contributed by atoms with van der Waals surface area (Å²) in [6.45, 7) is 7.23. The molecular weight excluding hydrogens is 254 g/mol. The zero-order chi connectivity index (χ0) is 15.6. The van der Waals surface area contributed by atoms with E-state index in [1.807, 2.05) is 0 Å². The van der Waals surface area contributed by atoms with Gasteiger partial charge in [0.2, 0.25) is 0 Å². The third kappa shape index (κ3) is 7.17. The first kappa shape index (κ1) is 19.0. The second-order valence-corrected chi connectivity index (χ2v) is 7.89. The van der Waals surface area contributed by atoms with E-state index in [-0.39, 0.29) is 0 Å². The summed E-state index contributed by atoms with van der Waals surface area (Å²) in [5.41, 5.74) is 6.72. The Bertz CT molecular complexity index is 228. The van der Waals surface area contributed by atoms with Gasteiger partial charge in [0.25, 0.3) is 0 Å². The molecule has 21 heavy (non-hydrogen) atoms. The van der Waals surface area contributed by atoms with Crippen molar-refractivity contribution in [3.05, 3.63) is 0 Å². The number of hydrogen-bond acceptors (Lipinski definition) is 1. The highest BCUT2D eigenvalue weighted by Crippen LogP contribution is 2.45. The molecular formula is C20H41N. The van der Waals surface area contributed by atoms with Crippen molar-refractivity contribution in [2.45, 2.75) is 117 Å². The van der Waals surface area contributed by atoms with Crippen molar-refractivity contribution in [1.82, 2.24) is 0 Å². The van der Waals surface area contributed by atoms with E-state index in [9.17, 15) is 0 Å². The van der Waals surface area contributed by atoms with E-state index in [4.69, 9.17) is 5.73 Å². The van der Waals surface area contributed by atoms with Crippen LogP contribution < -0.4 is 5.73 Å². The SMILES string of the molecule is CCCCCCC(C)(CCCCCC)C1CCC(N)CC1. The predicted octanol–water partition coefficient (Wildman–Crippen LogP) is 6.45. The lowest BCUT2D eigenvalue weighted by Crippen LogP contribution is -2.35. The molecule has 1 saturated carbocycles. The zero-order valence-electron chi connectivity index (χ0n) is 15.1. The number of nitrogens with two attached hydrogens (primary N) is 1. The summed E-state index contributed by atoms with van der Waals surface area (Å²) in [7, 11) is 0. The number of rotatable bonds is 11. The van der Waals surface area contributed by atoms with Gasteiger partial charge in [0.15, 0.2) is 0 Å². The van der Waals surface area contributed by atoms with Crippen LogP contribution in [0.25, 0.3) is 0 Å². The maximum atomic E-state index is 6.12. The molecule has 1 nitrogen and oxygen atoms in total. The lowest BCUT2D eigenvalue weighted by molar-refractivity contribution is 0.100. The third-order valence-electron chi connectivity index (χ3n) is 5.96. The maximum Gasteiger partial charge on any atom is 0.00390 e. The van der Waals surface area contributed by atoms with Gasteiger partial charge in [-0.2, -0.15) is 0 Å². The Kier molecular flexibility index (Phi) is 9.64. The quantitative estimate of drug-likeness (QED) is 0.435. The average Bonchev–Trinajstić information content (AvgIpc) is 2.49. The van der Waals surface area contributed by atoms with Gasteiger partial charge in [-0.15, -0.1) is 0 Å². The molecule has 0 aromatic heterocycles. The Hall–Kier alpha value is -0.0400. The molecule has 0 saturated heterocycles. The summed E-state index contributed by atoms with van der Waals surface area (Å²) >= 11 is 0. The highest BCUT2D eigenvalue weighted by molar-refractivity contribution is 4.87. The first-order valence-corrected chi connectivity index (χ1v) is 9.88. The zero-order valence-corrected chi connectivity index (χ0v) is 15.1. The number of hydrogen-bond donors (Lipinski definition) is 1. The van der Waals surface area contributed by atoms with Gasteiger partial charge in [-0.1, -0.05) is 72.1 Å². The average molecular weight is 296 g/mol. The molecule has 0 heterocycles. The molecule has 0 spiro atoms.